The van der Waals surface area contributed by atoms with Crippen LogP contribution in [0.15, 0.2) is 30.3 Å². The highest BCUT2D eigenvalue weighted by Crippen LogP contribution is 2.29. The number of hydrogen-bond donors (Lipinski definition) is 0. The van der Waals surface area contributed by atoms with Gasteiger partial charge in [-0.05, 0) is 25.3 Å². The summed E-state index contributed by atoms with van der Waals surface area (Å²) in [5, 5.41) is 0.821. The molecule has 1 atom stereocenters. The molecular weight excluding hydrogens is 402 g/mol. The molecule has 2 aliphatic heterocycles. The van der Waals surface area contributed by atoms with Crippen molar-refractivity contribution in [1.29, 1.82) is 0 Å². The van der Waals surface area contributed by atoms with E-state index >= 15 is 0 Å². The van der Waals surface area contributed by atoms with Crippen LogP contribution in [0, 0.1) is 0 Å². The number of benzene rings is 1. The summed E-state index contributed by atoms with van der Waals surface area (Å²) in [5.41, 5.74) is 1.18. The number of carbonyl (C=O) groups excluding carboxylic acids is 2. The number of nitrogens with zero attached hydrogens (tertiary/aromatic N) is 5. The average molecular weight is 430 g/mol. The molecule has 160 valence electrons. The molecule has 4 rings (SSSR count). The highest BCUT2D eigenvalue weighted by molar-refractivity contribution is 7.09. The molecule has 2 amide bonds. The minimum Gasteiger partial charge on any atom is -0.450 e. The largest absolute Gasteiger partial charge is 0.450 e. The SMILES string of the molecule is CCOC(=O)N1CCN(C(=O)C2CCCN2c2nc(Cc3ccccc3)ns2)CC1. The third-order valence-electron chi connectivity index (χ3n) is 5.56. The quantitative estimate of drug-likeness (QED) is 0.726. The monoisotopic (exact) mass is 429 g/mol. The first-order valence-electron chi connectivity index (χ1n) is 10.5. The fraction of sp³-hybridized carbons (Fsp3) is 0.524. The average Bonchev–Trinajstić information content (AvgIpc) is 3.44. The molecule has 1 unspecified atom stereocenters. The normalized spacial score (nSPS) is 19.2. The maximum Gasteiger partial charge on any atom is 0.409 e. The molecule has 8 nitrogen and oxygen atoms in total. The number of anilines is 1. The lowest BCUT2D eigenvalue weighted by molar-refractivity contribution is -0.134. The molecule has 9 heteroatoms. The lowest BCUT2D eigenvalue weighted by Gasteiger charge is -2.36. The van der Waals surface area contributed by atoms with E-state index in [4.69, 9.17) is 9.72 Å². The molecule has 0 radical (unpaired) electrons. The number of carbonyl (C=O) groups is 2. The second kappa shape index (κ2) is 9.42. The standard InChI is InChI=1S/C21H27N5O3S/c1-2-29-21(28)25-13-11-24(12-14-25)19(27)17-9-6-10-26(17)20-22-18(23-30-20)15-16-7-4-3-5-8-16/h3-5,7-8,17H,2,6,9-15H2,1H3. The maximum absolute atomic E-state index is 13.2. The summed E-state index contributed by atoms with van der Waals surface area (Å²) in [5.74, 6) is 0.915. The van der Waals surface area contributed by atoms with Gasteiger partial charge in [0.25, 0.3) is 0 Å². The fourth-order valence-electron chi connectivity index (χ4n) is 4.00. The molecule has 1 aromatic heterocycles. The Morgan fingerprint density at radius 3 is 2.57 bits per heavy atom. The summed E-state index contributed by atoms with van der Waals surface area (Å²) >= 11 is 1.37. The molecule has 0 saturated carbocycles. The topological polar surface area (TPSA) is 78.9 Å². The number of rotatable bonds is 5. The van der Waals surface area contributed by atoms with Gasteiger partial charge >= 0.3 is 6.09 Å². The Bertz CT molecular complexity index is 867. The van der Waals surface area contributed by atoms with Gasteiger partial charge in [-0.3, -0.25) is 4.79 Å². The molecule has 0 N–H and O–H groups in total. The zero-order valence-corrected chi connectivity index (χ0v) is 18.0. The molecule has 0 aliphatic carbocycles. The van der Waals surface area contributed by atoms with Crippen molar-refractivity contribution >= 4 is 28.7 Å². The number of piperazine rings is 1. The Kier molecular flexibility index (Phi) is 6.47. The van der Waals surface area contributed by atoms with E-state index in [1.54, 1.807) is 11.8 Å². The van der Waals surface area contributed by atoms with Crippen LogP contribution >= 0.6 is 11.5 Å². The molecule has 0 bridgehead atoms. The van der Waals surface area contributed by atoms with Crippen molar-refractivity contribution in [2.75, 3.05) is 44.2 Å². The van der Waals surface area contributed by atoms with E-state index in [0.29, 0.717) is 39.2 Å². The first kappa shape index (κ1) is 20.6. The van der Waals surface area contributed by atoms with Gasteiger partial charge in [-0.25, -0.2) is 9.78 Å². The Morgan fingerprint density at radius 1 is 1.10 bits per heavy atom. The van der Waals surface area contributed by atoms with Gasteiger partial charge < -0.3 is 19.4 Å². The van der Waals surface area contributed by atoms with Crippen LogP contribution in [0.3, 0.4) is 0 Å². The molecule has 3 heterocycles. The number of aromatic nitrogens is 2. The Morgan fingerprint density at radius 2 is 1.83 bits per heavy atom. The number of ether oxygens (including phenoxy) is 1. The molecule has 30 heavy (non-hydrogen) atoms. The smallest absolute Gasteiger partial charge is 0.409 e. The van der Waals surface area contributed by atoms with Crippen LogP contribution < -0.4 is 4.90 Å². The molecule has 2 fully saturated rings. The molecule has 2 aromatic rings. The molecule has 2 aliphatic rings. The van der Waals surface area contributed by atoms with Gasteiger partial charge in [-0.1, -0.05) is 30.3 Å². The summed E-state index contributed by atoms with van der Waals surface area (Å²) in [6.45, 7) is 5.08. The highest BCUT2D eigenvalue weighted by Gasteiger charge is 2.37. The molecular formula is C21H27N5O3S. The predicted octanol–water partition coefficient (Wildman–Crippen LogP) is 2.40. The van der Waals surface area contributed by atoms with E-state index in [-0.39, 0.29) is 18.0 Å². The van der Waals surface area contributed by atoms with E-state index < -0.39 is 0 Å². The van der Waals surface area contributed by atoms with Gasteiger partial charge in [0.05, 0.1) is 6.61 Å². The van der Waals surface area contributed by atoms with Gasteiger partial charge in [0, 0.05) is 50.7 Å². The van der Waals surface area contributed by atoms with Crippen molar-refractivity contribution in [3.05, 3.63) is 41.7 Å². The summed E-state index contributed by atoms with van der Waals surface area (Å²) in [7, 11) is 0. The van der Waals surface area contributed by atoms with Gasteiger partial charge in [-0.15, -0.1) is 0 Å². The second-order valence-electron chi connectivity index (χ2n) is 7.52. The molecule has 1 aromatic carbocycles. The molecule has 2 saturated heterocycles. The van der Waals surface area contributed by atoms with Gasteiger partial charge in [0.15, 0.2) is 0 Å². The van der Waals surface area contributed by atoms with Crippen LogP contribution in [0.4, 0.5) is 9.93 Å². The first-order valence-corrected chi connectivity index (χ1v) is 11.3. The third-order valence-corrected chi connectivity index (χ3v) is 6.35. The van der Waals surface area contributed by atoms with E-state index in [0.717, 1.165) is 30.3 Å². The van der Waals surface area contributed by atoms with Crippen LogP contribution in [-0.4, -0.2) is 76.5 Å². The van der Waals surface area contributed by atoms with Crippen molar-refractivity contribution in [1.82, 2.24) is 19.2 Å². The summed E-state index contributed by atoms with van der Waals surface area (Å²) < 4.78 is 9.57. The zero-order chi connectivity index (χ0) is 20.9. The van der Waals surface area contributed by atoms with Crippen molar-refractivity contribution in [2.45, 2.75) is 32.2 Å². The molecule has 0 spiro atoms. The Balaban J connectivity index is 1.37. The highest BCUT2D eigenvalue weighted by atomic mass is 32.1. The van der Waals surface area contributed by atoms with Crippen LogP contribution in [-0.2, 0) is 16.0 Å². The Labute approximate surface area is 180 Å². The maximum atomic E-state index is 13.2. The predicted molar refractivity (Wildman–Crippen MR) is 115 cm³/mol. The lowest BCUT2D eigenvalue weighted by Crippen LogP contribution is -2.54. The zero-order valence-electron chi connectivity index (χ0n) is 17.2. The van der Waals surface area contributed by atoms with E-state index in [9.17, 15) is 9.59 Å². The lowest BCUT2D eigenvalue weighted by atomic mass is 10.1. The van der Waals surface area contributed by atoms with E-state index in [2.05, 4.69) is 21.4 Å². The van der Waals surface area contributed by atoms with Crippen molar-refractivity contribution in [3.63, 3.8) is 0 Å². The first-order chi connectivity index (χ1) is 14.7. The summed E-state index contributed by atoms with van der Waals surface area (Å²) in [4.78, 5) is 35.4. The van der Waals surface area contributed by atoms with Crippen molar-refractivity contribution < 1.29 is 14.3 Å². The van der Waals surface area contributed by atoms with Crippen molar-refractivity contribution in [3.8, 4) is 0 Å². The fourth-order valence-corrected chi connectivity index (χ4v) is 4.76. The summed E-state index contributed by atoms with van der Waals surface area (Å²) in [6, 6.07) is 9.96. The van der Waals surface area contributed by atoms with Crippen LogP contribution in [0.2, 0.25) is 0 Å². The number of amides is 2. The minimum absolute atomic E-state index is 0.121. The third kappa shape index (κ3) is 4.56. The van der Waals surface area contributed by atoms with Gasteiger partial charge in [0.2, 0.25) is 11.0 Å². The van der Waals surface area contributed by atoms with Crippen molar-refractivity contribution in [2.24, 2.45) is 0 Å². The Hall–Kier alpha value is -2.68. The summed E-state index contributed by atoms with van der Waals surface area (Å²) in [6.07, 6.45) is 2.18. The van der Waals surface area contributed by atoms with E-state index in [1.807, 2.05) is 23.1 Å². The van der Waals surface area contributed by atoms with Crippen LogP contribution in [0.25, 0.3) is 0 Å². The van der Waals surface area contributed by atoms with Gasteiger partial charge in [0.1, 0.15) is 11.9 Å². The second-order valence-corrected chi connectivity index (χ2v) is 8.25. The minimum atomic E-state index is -0.299. The number of hydrogen-bond acceptors (Lipinski definition) is 7. The van der Waals surface area contributed by atoms with Crippen LogP contribution in [0.5, 0.6) is 0 Å². The van der Waals surface area contributed by atoms with Gasteiger partial charge in [-0.2, -0.15) is 4.37 Å². The van der Waals surface area contributed by atoms with E-state index in [1.165, 1.54) is 17.1 Å². The van der Waals surface area contributed by atoms with Crippen LogP contribution in [0.1, 0.15) is 31.2 Å².